The van der Waals surface area contributed by atoms with E-state index in [0.29, 0.717) is 6.42 Å². The first-order chi connectivity index (χ1) is 10.1. The molecule has 0 atom stereocenters. The average Bonchev–Trinajstić information content (AvgIpc) is 2.89. The molecule has 106 valence electrons. The molecule has 0 aliphatic heterocycles. The van der Waals surface area contributed by atoms with Crippen molar-refractivity contribution in [2.45, 2.75) is 20.3 Å². The summed E-state index contributed by atoms with van der Waals surface area (Å²) in [5.41, 5.74) is 4.32. The number of anilines is 1. The van der Waals surface area contributed by atoms with E-state index in [1.54, 1.807) is 11.3 Å². The molecule has 1 N–H and O–H groups in total. The van der Waals surface area contributed by atoms with Crippen LogP contribution in [0.3, 0.4) is 0 Å². The van der Waals surface area contributed by atoms with E-state index >= 15 is 0 Å². The molecular weight excluding hydrogens is 278 g/mol. The zero-order valence-electron chi connectivity index (χ0n) is 12.1. The maximum atomic E-state index is 12.2. The highest BCUT2D eigenvalue weighted by Gasteiger charge is 2.07. The maximum absolute atomic E-state index is 12.2. The molecule has 0 bridgehead atoms. The van der Waals surface area contributed by atoms with Crippen LogP contribution in [0.15, 0.2) is 47.8 Å². The lowest BCUT2D eigenvalue weighted by molar-refractivity contribution is -0.115. The summed E-state index contributed by atoms with van der Waals surface area (Å²) >= 11 is 1.71. The minimum atomic E-state index is 0.0246. The molecule has 3 heteroatoms. The van der Waals surface area contributed by atoms with Gasteiger partial charge in [-0.3, -0.25) is 4.79 Å². The van der Waals surface area contributed by atoms with Gasteiger partial charge in [-0.15, -0.1) is 11.3 Å². The summed E-state index contributed by atoms with van der Waals surface area (Å²) in [4.78, 5) is 12.2. The number of amides is 1. The number of fused-ring (bicyclic) bond motifs is 1. The Morgan fingerprint density at radius 3 is 2.76 bits per heavy atom. The Labute approximate surface area is 128 Å². The molecule has 2 nitrogen and oxygen atoms in total. The van der Waals surface area contributed by atoms with Gasteiger partial charge in [0.05, 0.1) is 6.42 Å². The quantitative estimate of drug-likeness (QED) is 0.745. The van der Waals surface area contributed by atoms with Crippen LogP contribution in [0.25, 0.3) is 10.1 Å². The van der Waals surface area contributed by atoms with Crippen LogP contribution in [0.5, 0.6) is 0 Å². The summed E-state index contributed by atoms with van der Waals surface area (Å²) in [5, 5.41) is 6.21. The molecule has 1 amide bonds. The monoisotopic (exact) mass is 295 g/mol. The molecule has 1 aromatic heterocycles. The van der Waals surface area contributed by atoms with Crippen molar-refractivity contribution in [3.8, 4) is 0 Å². The zero-order valence-corrected chi connectivity index (χ0v) is 13.0. The Kier molecular flexibility index (Phi) is 3.76. The van der Waals surface area contributed by atoms with E-state index in [2.05, 4.69) is 29.8 Å². The minimum Gasteiger partial charge on any atom is -0.326 e. The van der Waals surface area contributed by atoms with Crippen LogP contribution in [0.1, 0.15) is 16.7 Å². The second kappa shape index (κ2) is 5.70. The molecule has 0 saturated heterocycles. The van der Waals surface area contributed by atoms with Crippen LogP contribution in [0.2, 0.25) is 0 Å². The van der Waals surface area contributed by atoms with Crippen molar-refractivity contribution >= 4 is 33.0 Å². The first kappa shape index (κ1) is 13.8. The second-order valence-electron chi connectivity index (χ2n) is 5.33. The molecule has 3 aromatic rings. The third-order valence-corrected chi connectivity index (χ3v) is 4.48. The van der Waals surface area contributed by atoms with E-state index in [1.807, 2.05) is 37.3 Å². The van der Waals surface area contributed by atoms with Gasteiger partial charge in [-0.2, -0.15) is 0 Å². The predicted molar refractivity (Wildman–Crippen MR) is 90.1 cm³/mol. The largest absolute Gasteiger partial charge is 0.326 e. The Hall–Kier alpha value is -2.13. The highest BCUT2D eigenvalue weighted by molar-refractivity contribution is 7.17. The molecular formula is C18H17NOS. The fourth-order valence-corrected chi connectivity index (χ4v) is 3.24. The molecule has 0 saturated carbocycles. The van der Waals surface area contributed by atoms with Gasteiger partial charge in [0.15, 0.2) is 0 Å². The third-order valence-electron chi connectivity index (χ3n) is 3.59. The molecule has 0 spiro atoms. The van der Waals surface area contributed by atoms with E-state index in [0.717, 1.165) is 11.3 Å². The lowest BCUT2D eigenvalue weighted by Crippen LogP contribution is -2.15. The molecule has 0 aliphatic rings. The predicted octanol–water partition coefficient (Wildman–Crippen LogP) is 4.70. The summed E-state index contributed by atoms with van der Waals surface area (Å²) in [6.45, 7) is 4.11. The van der Waals surface area contributed by atoms with Crippen LogP contribution in [-0.2, 0) is 11.2 Å². The summed E-state index contributed by atoms with van der Waals surface area (Å²) in [6, 6.07) is 14.3. The number of rotatable bonds is 3. The fraction of sp³-hybridized carbons (Fsp3) is 0.167. The Balaban J connectivity index is 1.73. The van der Waals surface area contributed by atoms with E-state index in [9.17, 15) is 4.79 Å². The Morgan fingerprint density at radius 1 is 1.10 bits per heavy atom. The van der Waals surface area contributed by atoms with Gasteiger partial charge < -0.3 is 5.32 Å². The summed E-state index contributed by atoms with van der Waals surface area (Å²) in [7, 11) is 0. The molecule has 0 unspecified atom stereocenters. The van der Waals surface area contributed by atoms with Gasteiger partial charge >= 0.3 is 0 Å². The number of thiophene rings is 1. The lowest BCUT2D eigenvalue weighted by atomic mass is 10.0. The highest BCUT2D eigenvalue weighted by Crippen LogP contribution is 2.24. The van der Waals surface area contributed by atoms with Crippen molar-refractivity contribution in [2.75, 3.05) is 5.32 Å². The summed E-state index contributed by atoms with van der Waals surface area (Å²) < 4.78 is 1.24. The van der Waals surface area contributed by atoms with Crippen molar-refractivity contribution in [3.05, 3.63) is 64.5 Å². The number of carbonyl (C=O) groups is 1. The first-order valence-electron chi connectivity index (χ1n) is 6.95. The van der Waals surface area contributed by atoms with Crippen LogP contribution in [0, 0.1) is 13.8 Å². The topological polar surface area (TPSA) is 29.1 Å². The molecule has 2 aromatic carbocycles. The Bertz CT molecular complexity index is 804. The third kappa shape index (κ3) is 3.14. The summed E-state index contributed by atoms with van der Waals surface area (Å²) in [6.07, 6.45) is 0.411. The molecule has 0 fully saturated rings. The molecule has 21 heavy (non-hydrogen) atoms. The normalized spacial score (nSPS) is 10.8. The molecule has 1 heterocycles. The van der Waals surface area contributed by atoms with Crippen molar-refractivity contribution in [1.29, 1.82) is 0 Å². The van der Waals surface area contributed by atoms with Crippen molar-refractivity contribution < 1.29 is 4.79 Å². The maximum Gasteiger partial charge on any atom is 0.228 e. The standard InChI is InChI=1S/C18H17NOS/c1-12-3-4-14(13(2)9-12)11-18(20)19-16-5-6-17-15(10-16)7-8-21-17/h3-10H,11H2,1-2H3,(H,19,20). The number of aryl methyl sites for hydroxylation is 2. The van der Waals surface area contributed by atoms with Crippen LogP contribution >= 0.6 is 11.3 Å². The SMILES string of the molecule is Cc1ccc(CC(=O)Nc2ccc3sccc3c2)c(C)c1. The summed E-state index contributed by atoms with van der Waals surface area (Å²) in [5.74, 6) is 0.0246. The highest BCUT2D eigenvalue weighted by atomic mass is 32.1. The number of hydrogen-bond acceptors (Lipinski definition) is 2. The van der Waals surface area contributed by atoms with Gasteiger partial charge in [0.25, 0.3) is 0 Å². The van der Waals surface area contributed by atoms with Gasteiger partial charge in [0.1, 0.15) is 0 Å². The van der Waals surface area contributed by atoms with Crippen molar-refractivity contribution in [3.63, 3.8) is 0 Å². The van der Waals surface area contributed by atoms with Crippen molar-refractivity contribution in [1.82, 2.24) is 0 Å². The minimum absolute atomic E-state index is 0.0246. The fourth-order valence-electron chi connectivity index (χ4n) is 2.47. The van der Waals surface area contributed by atoms with E-state index in [-0.39, 0.29) is 5.91 Å². The smallest absolute Gasteiger partial charge is 0.228 e. The second-order valence-corrected chi connectivity index (χ2v) is 6.28. The number of benzene rings is 2. The molecule has 0 radical (unpaired) electrons. The van der Waals surface area contributed by atoms with Crippen LogP contribution in [-0.4, -0.2) is 5.91 Å². The van der Waals surface area contributed by atoms with Gasteiger partial charge in [-0.05, 0) is 60.0 Å². The van der Waals surface area contributed by atoms with Gasteiger partial charge in [0, 0.05) is 10.4 Å². The van der Waals surface area contributed by atoms with E-state index in [4.69, 9.17) is 0 Å². The Morgan fingerprint density at radius 2 is 1.95 bits per heavy atom. The molecule has 0 aliphatic carbocycles. The lowest BCUT2D eigenvalue weighted by Gasteiger charge is -2.08. The van der Waals surface area contributed by atoms with Gasteiger partial charge in [0.2, 0.25) is 5.91 Å². The van der Waals surface area contributed by atoms with E-state index in [1.165, 1.54) is 21.2 Å². The van der Waals surface area contributed by atoms with Crippen molar-refractivity contribution in [2.24, 2.45) is 0 Å². The van der Waals surface area contributed by atoms with E-state index < -0.39 is 0 Å². The van der Waals surface area contributed by atoms with Crippen LogP contribution < -0.4 is 5.32 Å². The average molecular weight is 295 g/mol. The number of hydrogen-bond donors (Lipinski definition) is 1. The number of nitrogens with one attached hydrogen (secondary N) is 1. The first-order valence-corrected chi connectivity index (χ1v) is 7.83. The number of carbonyl (C=O) groups excluding carboxylic acids is 1. The van der Waals surface area contributed by atoms with Gasteiger partial charge in [-0.1, -0.05) is 23.8 Å². The van der Waals surface area contributed by atoms with Crippen LogP contribution in [0.4, 0.5) is 5.69 Å². The van der Waals surface area contributed by atoms with Gasteiger partial charge in [-0.25, -0.2) is 0 Å². The zero-order chi connectivity index (χ0) is 14.8. The molecule has 3 rings (SSSR count).